The maximum atomic E-state index is 3.56. The van der Waals surface area contributed by atoms with E-state index in [1.165, 1.54) is 5.57 Å². The van der Waals surface area contributed by atoms with E-state index in [4.69, 9.17) is 0 Å². The predicted octanol–water partition coefficient (Wildman–Crippen LogP) is 3.27. The van der Waals surface area contributed by atoms with Crippen LogP contribution >= 0.6 is 0 Å². The number of allylic oxidation sites excluding steroid dienone is 1. The molecule has 0 heteroatoms. The Balaban J connectivity index is 0.000000180. The van der Waals surface area contributed by atoms with Gasteiger partial charge in [0.05, 0.1) is 0 Å². The second kappa shape index (κ2) is 6.09. The Bertz CT molecular complexity index is 132. The van der Waals surface area contributed by atoms with Crippen molar-refractivity contribution in [3.05, 3.63) is 48.6 Å². The van der Waals surface area contributed by atoms with Crippen molar-refractivity contribution in [2.45, 2.75) is 13.8 Å². The average Bonchev–Trinajstić information content (AvgIpc) is 1.90. The monoisotopic (exact) mass is 134 g/mol. The second-order valence-corrected chi connectivity index (χ2v) is 2.36. The molecule has 0 N–H and O–H groups in total. The molecule has 0 saturated carbocycles. The highest BCUT2D eigenvalue weighted by atomic mass is 13.6. The Morgan fingerprint density at radius 2 is 0.900 bits per heavy atom. The minimum absolute atomic E-state index is 1.17. The third-order valence-electron chi connectivity index (χ3n) is 0.667. The van der Waals surface area contributed by atoms with Gasteiger partial charge in [0.15, 0.2) is 0 Å². The van der Waals surface area contributed by atoms with Gasteiger partial charge < -0.3 is 0 Å². The smallest absolute Gasteiger partial charge is 0.0445 e. The van der Waals surface area contributed by atoms with Gasteiger partial charge in [-0.05, 0) is 13.8 Å². The molecule has 0 radical (unpaired) electrons. The van der Waals surface area contributed by atoms with Crippen molar-refractivity contribution < 1.29 is 0 Å². The van der Waals surface area contributed by atoms with Crippen molar-refractivity contribution in [2.75, 3.05) is 0 Å². The zero-order chi connectivity index (χ0) is 7.82. The lowest BCUT2D eigenvalue weighted by Crippen LogP contribution is -1.47. The molecule has 0 fully saturated rings. The van der Waals surface area contributed by atoms with E-state index in [-0.39, 0.29) is 0 Å². The highest BCUT2D eigenvalue weighted by molar-refractivity contribution is 4.99. The van der Waals surface area contributed by atoms with Crippen molar-refractivity contribution in [3.63, 3.8) is 0 Å². The van der Waals surface area contributed by atoms with Gasteiger partial charge in [-0.2, -0.15) is 0 Å². The first-order valence-corrected chi connectivity index (χ1v) is 3.35. The molecular weight excluding hydrogens is 120 g/mol. The summed E-state index contributed by atoms with van der Waals surface area (Å²) >= 11 is 0. The topological polar surface area (TPSA) is 0 Å². The van der Waals surface area contributed by atoms with Crippen molar-refractivity contribution >= 4 is 0 Å². The first-order chi connectivity index (χ1) is 4.73. The molecule has 0 aromatic heterocycles. The molecule has 0 atom stereocenters. The molecule has 0 aliphatic heterocycles. The minimum atomic E-state index is 1.17. The predicted molar refractivity (Wildman–Crippen MR) is 46.9 cm³/mol. The summed E-state index contributed by atoms with van der Waals surface area (Å²) in [5.74, 6) is 0. The van der Waals surface area contributed by atoms with E-state index in [2.05, 4.69) is 6.58 Å². The third kappa shape index (κ3) is 10.0. The van der Waals surface area contributed by atoms with Gasteiger partial charge in [-0.25, -0.2) is 0 Å². The van der Waals surface area contributed by atoms with Crippen LogP contribution in [0.2, 0.25) is 0 Å². The highest BCUT2D eigenvalue weighted by Crippen LogP contribution is 1.79. The second-order valence-electron chi connectivity index (χ2n) is 2.36. The average molecular weight is 134 g/mol. The summed E-state index contributed by atoms with van der Waals surface area (Å²) in [6.45, 7) is 7.50. The molecule has 10 heavy (non-hydrogen) atoms. The van der Waals surface area contributed by atoms with Crippen LogP contribution in [-0.4, -0.2) is 0 Å². The van der Waals surface area contributed by atoms with Crippen molar-refractivity contribution in [1.82, 2.24) is 0 Å². The fourth-order valence-corrected chi connectivity index (χ4v) is 0.385. The molecule has 0 nitrogen and oxygen atoms in total. The van der Waals surface area contributed by atoms with Crippen molar-refractivity contribution in [1.29, 1.82) is 0 Å². The molecule has 1 rings (SSSR count). The molecule has 0 heterocycles. The van der Waals surface area contributed by atoms with Gasteiger partial charge in [-0.15, -0.1) is 6.58 Å². The minimum Gasteiger partial charge on any atom is -0.100 e. The summed E-state index contributed by atoms with van der Waals surface area (Å²) in [6.07, 6.45) is 0. The molecule has 1 aromatic carbocycles. The van der Waals surface area contributed by atoms with Crippen LogP contribution in [0.1, 0.15) is 13.8 Å². The van der Waals surface area contributed by atoms with Gasteiger partial charge in [-0.1, -0.05) is 42.0 Å². The van der Waals surface area contributed by atoms with Gasteiger partial charge in [0, 0.05) is 0 Å². The first-order valence-electron chi connectivity index (χ1n) is 3.35. The van der Waals surface area contributed by atoms with Crippen LogP contribution < -0.4 is 0 Å². The maximum absolute atomic E-state index is 3.56. The Morgan fingerprint density at radius 3 is 1.00 bits per heavy atom. The Hall–Kier alpha value is -1.04. The Labute approximate surface area is 63.2 Å². The van der Waals surface area contributed by atoms with Gasteiger partial charge in [0.2, 0.25) is 0 Å². The zero-order valence-electron chi connectivity index (χ0n) is 6.67. The molecule has 0 amide bonds. The number of benzene rings is 1. The van der Waals surface area contributed by atoms with E-state index < -0.39 is 0 Å². The largest absolute Gasteiger partial charge is 0.100 e. The van der Waals surface area contributed by atoms with Crippen LogP contribution in [0.25, 0.3) is 0 Å². The SMILES string of the molecule is C=C(C)C.c1ccccc1. The number of rotatable bonds is 0. The van der Waals surface area contributed by atoms with Crippen LogP contribution in [0.3, 0.4) is 0 Å². The van der Waals surface area contributed by atoms with Crippen molar-refractivity contribution in [3.8, 4) is 0 Å². The normalized spacial score (nSPS) is 7.40. The molecule has 0 aliphatic rings. The van der Waals surface area contributed by atoms with Crippen LogP contribution in [0, 0.1) is 0 Å². The van der Waals surface area contributed by atoms with E-state index in [0.29, 0.717) is 0 Å². The fourth-order valence-electron chi connectivity index (χ4n) is 0.385. The Kier molecular flexibility index (Phi) is 5.45. The van der Waals surface area contributed by atoms with Crippen LogP contribution in [-0.2, 0) is 0 Å². The lowest BCUT2D eigenvalue weighted by atomic mass is 10.4. The summed E-state index contributed by atoms with van der Waals surface area (Å²) in [5, 5.41) is 0. The van der Waals surface area contributed by atoms with E-state index in [0.717, 1.165) is 0 Å². The van der Waals surface area contributed by atoms with E-state index >= 15 is 0 Å². The summed E-state index contributed by atoms with van der Waals surface area (Å²) in [5.41, 5.74) is 1.17. The zero-order valence-corrected chi connectivity index (χ0v) is 6.67. The van der Waals surface area contributed by atoms with Crippen LogP contribution in [0.4, 0.5) is 0 Å². The molecule has 54 valence electrons. The molecule has 1 aromatic rings. The quantitative estimate of drug-likeness (QED) is 0.478. The summed E-state index contributed by atoms with van der Waals surface area (Å²) < 4.78 is 0. The summed E-state index contributed by atoms with van der Waals surface area (Å²) in [7, 11) is 0. The standard InChI is InChI=1S/C6H6.C4H8/c1-2-4-6-5-3-1;1-4(2)3/h1-6H;1H2,2-3H3. The fraction of sp³-hybridized carbons (Fsp3) is 0.200. The van der Waals surface area contributed by atoms with Gasteiger partial charge in [0.25, 0.3) is 0 Å². The number of hydrogen-bond donors (Lipinski definition) is 0. The van der Waals surface area contributed by atoms with Crippen LogP contribution in [0.5, 0.6) is 0 Å². The van der Waals surface area contributed by atoms with E-state index in [1.54, 1.807) is 0 Å². The van der Waals surface area contributed by atoms with E-state index in [9.17, 15) is 0 Å². The van der Waals surface area contributed by atoms with Gasteiger partial charge >= 0.3 is 0 Å². The lowest BCUT2D eigenvalue weighted by molar-refractivity contribution is 1.42. The molecule has 0 unspecified atom stereocenters. The van der Waals surface area contributed by atoms with Gasteiger partial charge in [-0.3, -0.25) is 0 Å². The third-order valence-corrected chi connectivity index (χ3v) is 0.667. The molecular formula is C10H14. The summed E-state index contributed by atoms with van der Waals surface area (Å²) in [4.78, 5) is 0. The van der Waals surface area contributed by atoms with E-state index in [1.807, 2.05) is 50.2 Å². The Morgan fingerprint density at radius 1 is 0.800 bits per heavy atom. The first kappa shape index (κ1) is 8.96. The molecule has 0 aliphatic carbocycles. The van der Waals surface area contributed by atoms with Crippen LogP contribution in [0.15, 0.2) is 48.6 Å². The lowest BCUT2D eigenvalue weighted by Gasteiger charge is -1.69. The molecule has 0 bridgehead atoms. The highest BCUT2D eigenvalue weighted by Gasteiger charge is 1.57. The maximum Gasteiger partial charge on any atom is -0.0445 e. The number of hydrogen-bond acceptors (Lipinski definition) is 0. The van der Waals surface area contributed by atoms with Gasteiger partial charge in [0.1, 0.15) is 0 Å². The molecule has 0 saturated heterocycles. The molecule has 0 spiro atoms. The van der Waals surface area contributed by atoms with Crippen molar-refractivity contribution in [2.24, 2.45) is 0 Å². The summed E-state index contributed by atoms with van der Waals surface area (Å²) in [6, 6.07) is 12.0.